The van der Waals surface area contributed by atoms with Crippen molar-refractivity contribution < 1.29 is 4.42 Å². The third-order valence-electron chi connectivity index (χ3n) is 11.6. The second-order valence-electron chi connectivity index (χ2n) is 14.8. The van der Waals surface area contributed by atoms with Gasteiger partial charge in [0.1, 0.15) is 11.2 Å². The van der Waals surface area contributed by atoms with Crippen LogP contribution in [0.2, 0.25) is 0 Å². The van der Waals surface area contributed by atoms with E-state index in [1.54, 1.807) is 0 Å². The van der Waals surface area contributed by atoms with Gasteiger partial charge in [-0.2, -0.15) is 0 Å². The highest BCUT2D eigenvalue weighted by molar-refractivity contribution is 6.22. The van der Waals surface area contributed by atoms with Crippen LogP contribution in [0.25, 0.3) is 98.8 Å². The zero-order valence-electron chi connectivity index (χ0n) is 29.1. The molecule has 0 spiro atoms. The molecule has 0 N–H and O–H groups in total. The van der Waals surface area contributed by atoms with E-state index in [2.05, 4.69) is 184 Å². The van der Waals surface area contributed by atoms with Crippen molar-refractivity contribution in [3.05, 3.63) is 181 Å². The smallest absolute Gasteiger partial charge is 0.143 e. The second-order valence-corrected chi connectivity index (χ2v) is 14.8. The predicted molar refractivity (Wildman–Crippen MR) is 220 cm³/mol. The Morgan fingerprint density at radius 2 is 0.923 bits per heavy atom. The number of rotatable bonds is 3. The molecule has 1 aromatic heterocycles. The van der Waals surface area contributed by atoms with Crippen molar-refractivity contribution in [3.8, 4) is 44.5 Å². The third-order valence-corrected chi connectivity index (χ3v) is 11.6. The maximum atomic E-state index is 6.66. The van der Waals surface area contributed by atoms with Gasteiger partial charge in [0.25, 0.3) is 0 Å². The van der Waals surface area contributed by atoms with Crippen molar-refractivity contribution in [2.45, 2.75) is 19.3 Å². The van der Waals surface area contributed by atoms with Gasteiger partial charge < -0.3 is 4.42 Å². The molecule has 244 valence electrons. The third kappa shape index (κ3) is 4.11. The van der Waals surface area contributed by atoms with Gasteiger partial charge in [-0.15, -0.1) is 0 Å². The van der Waals surface area contributed by atoms with Crippen LogP contribution in [-0.2, 0) is 5.41 Å². The van der Waals surface area contributed by atoms with Crippen LogP contribution in [-0.4, -0.2) is 0 Å². The van der Waals surface area contributed by atoms with E-state index in [0.717, 1.165) is 11.2 Å². The number of para-hydroxylation sites is 1. The van der Waals surface area contributed by atoms with Crippen molar-refractivity contribution in [2.75, 3.05) is 0 Å². The highest BCUT2D eigenvalue weighted by Gasteiger charge is 2.38. The summed E-state index contributed by atoms with van der Waals surface area (Å²) in [4.78, 5) is 0. The lowest BCUT2D eigenvalue weighted by molar-refractivity contribution is 0.653. The molecule has 0 radical (unpaired) electrons. The van der Waals surface area contributed by atoms with Gasteiger partial charge in [-0.1, -0.05) is 159 Å². The molecule has 11 rings (SSSR count). The molecule has 1 aliphatic rings. The van der Waals surface area contributed by atoms with Crippen LogP contribution in [0.1, 0.15) is 25.0 Å². The molecule has 1 heteroatoms. The summed E-state index contributed by atoms with van der Waals surface area (Å²) in [6.45, 7) is 4.69. The first-order valence-electron chi connectivity index (χ1n) is 18.2. The van der Waals surface area contributed by atoms with Crippen LogP contribution in [0.4, 0.5) is 0 Å². The van der Waals surface area contributed by atoms with Crippen molar-refractivity contribution in [1.82, 2.24) is 0 Å². The molecule has 0 amide bonds. The maximum absolute atomic E-state index is 6.66. The number of fused-ring (bicyclic) bond motifs is 10. The van der Waals surface area contributed by atoms with Gasteiger partial charge in [0, 0.05) is 21.8 Å². The second kappa shape index (κ2) is 10.8. The highest BCUT2D eigenvalue weighted by Crippen LogP contribution is 2.54. The fraction of sp³-hybridized carbons (Fsp3) is 0.0588. The minimum Gasteiger partial charge on any atom is -0.455 e. The van der Waals surface area contributed by atoms with E-state index in [9.17, 15) is 0 Å². The fourth-order valence-corrected chi connectivity index (χ4v) is 9.15. The van der Waals surface area contributed by atoms with Crippen LogP contribution < -0.4 is 0 Å². The number of hydrogen-bond donors (Lipinski definition) is 0. The van der Waals surface area contributed by atoms with Crippen molar-refractivity contribution in [3.63, 3.8) is 0 Å². The van der Waals surface area contributed by atoms with Crippen LogP contribution >= 0.6 is 0 Å². The molecule has 1 nitrogen and oxygen atoms in total. The van der Waals surface area contributed by atoms with Crippen LogP contribution in [0.15, 0.2) is 174 Å². The molecular weight excluding hydrogens is 629 g/mol. The summed E-state index contributed by atoms with van der Waals surface area (Å²) in [5.41, 5.74) is 14.4. The van der Waals surface area contributed by atoms with Crippen LogP contribution in [0.3, 0.4) is 0 Å². The van der Waals surface area contributed by atoms with Gasteiger partial charge in [-0.3, -0.25) is 0 Å². The van der Waals surface area contributed by atoms with Crippen LogP contribution in [0.5, 0.6) is 0 Å². The van der Waals surface area contributed by atoms with Crippen LogP contribution in [0, 0.1) is 0 Å². The quantitative estimate of drug-likeness (QED) is 0.172. The average molecular weight is 663 g/mol. The number of hydrogen-bond acceptors (Lipinski definition) is 1. The Balaban J connectivity index is 1.15. The Labute approximate surface area is 302 Å². The summed E-state index contributed by atoms with van der Waals surface area (Å²) in [7, 11) is 0. The van der Waals surface area contributed by atoms with E-state index in [0.29, 0.717) is 0 Å². The van der Waals surface area contributed by atoms with Gasteiger partial charge in [0.05, 0.1) is 0 Å². The number of furan rings is 1. The topological polar surface area (TPSA) is 13.1 Å². The lowest BCUT2D eigenvalue weighted by Gasteiger charge is -2.22. The molecule has 52 heavy (non-hydrogen) atoms. The summed E-state index contributed by atoms with van der Waals surface area (Å²) >= 11 is 0. The van der Waals surface area contributed by atoms with Gasteiger partial charge in [-0.25, -0.2) is 0 Å². The largest absolute Gasteiger partial charge is 0.455 e. The molecule has 0 saturated heterocycles. The zero-order chi connectivity index (χ0) is 34.6. The Morgan fingerprint density at radius 1 is 0.365 bits per heavy atom. The highest BCUT2D eigenvalue weighted by atomic mass is 16.3. The average Bonchev–Trinajstić information content (AvgIpc) is 3.68. The van der Waals surface area contributed by atoms with E-state index < -0.39 is 0 Å². The zero-order valence-corrected chi connectivity index (χ0v) is 29.1. The Hall–Kier alpha value is -6.44. The van der Waals surface area contributed by atoms with E-state index in [1.165, 1.54) is 98.7 Å². The van der Waals surface area contributed by atoms with Crippen molar-refractivity contribution >= 4 is 54.3 Å². The molecule has 0 fully saturated rings. The molecule has 1 heterocycles. The summed E-state index contributed by atoms with van der Waals surface area (Å²) in [6.07, 6.45) is 0. The molecule has 0 atom stereocenters. The Morgan fingerprint density at radius 3 is 1.65 bits per heavy atom. The minimum absolute atomic E-state index is 0.138. The number of benzene rings is 9. The Bertz CT molecular complexity index is 3040. The van der Waals surface area contributed by atoms with Gasteiger partial charge in [0.2, 0.25) is 0 Å². The van der Waals surface area contributed by atoms with Crippen molar-refractivity contribution in [2.24, 2.45) is 0 Å². The monoisotopic (exact) mass is 662 g/mol. The minimum atomic E-state index is -0.138. The first-order chi connectivity index (χ1) is 25.5. The Kier molecular flexibility index (Phi) is 6.08. The van der Waals surface area contributed by atoms with E-state index in [-0.39, 0.29) is 5.41 Å². The van der Waals surface area contributed by atoms with E-state index >= 15 is 0 Å². The predicted octanol–water partition coefficient (Wildman–Crippen LogP) is 14.4. The molecule has 1 aliphatic carbocycles. The van der Waals surface area contributed by atoms with E-state index in [4.69, 9.17) is 4.42 Å². The lowest BCUT2D eigenvalue weighted by Crippen LogP contribution is -2.14. The maximum Gasteiger partial charge on any atom is 0.143 e. The first-order valence-corrected chi connectivity index (χ1v) is 18.2. The molecule has 10 aromatic rings. The molecule has 0 aliphatic heterocycles. The van der Waals surface area contributed by atoms with Gasteiger partial charge in [0.15, 0.2) is 0 Å². The summed E-state index contributed by atoms with van der Waals surface area (Å²) in [6, 6.07) is 62.5. The first kappa shape index (κ1) is 29.3. The van der Waals surface area contributed by atoms with Gasteiger partial charge in [-0.05, 0) is 107 Å². The molecule has 0 bridgehead atoms. The summed E-state index contributed by atoms with van der Waals surface area (Å²) in [5.74, 6) is 0. The fourth-order valence-electron chi connectivity index (χ4n) is 9.15. The van der Waals surface area contributed by atoms with Gasteiger partial charge >= 0.3 is 0 Å². The summed E-state index contributed by atoms with van der Waals surface area (Å²) < 4.78 is 6.66. The molecule has 0 saturated carbocycles. The van der Waals surface area contributed by atoms with E-state index in [1.807, 2.05) is 0 Å². The normalized spacial score (nSPS) is 13.3. The molecular formula is C51H34O. The SMILES string of the molecule is CC1(C)c2ccc(-c3c4ccccc4c(-c4cccc(-c5ccc6ccccc6c5)c4)c4ccccc34)cc2-c2c1ccc1c2oc2ccccc21. The van der Waals surface area contributed by atoms with Crippen molar-refractivity contribution in [1.29, 1.82) is 0 Å². The standard InChI is InChI=1S/C51H34O/c1-51(2)44-26-24-36(30-43(44)49-45(51)27-25-42-37-16-9-10-21-46(37)52-50(42)49)48-40-19-7-5-17-38(40)47(39-18-6-8-20-41(39)48)35-15-11-14-33(29-35)34-23-22-31-12-3-4-13-32(31)28-34/h3-30H,1-2H3. The molecule has 0 unspecified atom stereocenters. The summed E-state index contributed by atoms with van der Waals surface area (Å²) in [5, 5.41) is 9.89. The molecule has 9 aromatic carbocycles. The lowest BCUT2D eigenvalue weighted by atomic mass is 9.81.